The van der Waals surface area contributed by atoms with Crippen molar-refractivity contribution in [1.29, 1.82) is 0 Å². The number of rotatable bonds is 4. The van der Waals surface area contributed by atoms with Gasteiger partial charge < -0.3 is 5.32 Å². The number of hydrogen-bond acceptors (Lipinski definition) is 2. The molecule has 0 radical (unpaired) electrons. The summed E-state index contributed by atoms with van der Waals surface area (Å²) in [6, 6.07) is 16.8. The topological polar surface area (TPSA) is 46.9 Å². The Kier molecular flexibility index (Phi) is 5.69. The minimum Gasteiger partial charge on any atom is -0.348 e. The minimum atomic E-state index is -0.127. The summed E-state index contributed by atoms with van der Waals surface area (Å²) in [5, 5.41) is 9.04. The summed E-state index contributed by atoms with van der Waals surface area (Å²) in [5.74, 6) is -0.127. The van der Waals surface area contributed by atoms with E-state index in [2.05, 4.69) is 10.4 Å². The third kappa shape index (κ3) is 4.08. The van der Waals surface area contributed by atoms with E-state index in [1.54, 1.807) is 22.9 Å². The van der Waals surface area contributed by atoms with E-state index in [-0.39, 0.29) is 11.9 Å². The SMILES string of the molecule is O=C(NC1CCCCC1)c1cc(-c2ccccc2Cl)nn1-c1cccc(Cl)c1. The van der Waals surface area contributed by atoms with Crippen LogP contribution in [0.2, 0.25) is 10.0 Å². The lowest BCUT2D eigenvalue weighted by atomic mass is 9.95. The summed E-state index contributed by atoms with van der Waals surface area (Å²) in [6.07, 6.45) is 5.60. The van der Waals surface area contributed by atoms with Gasteiger partial charge in [0.05, 0.1) is 16.4 Å². The summed E-state index contributed by atoms with van der Waals surface area (Å²) in [7, 11) is 0. The normalized spacial score (nSPS) is 14.8. The van der Waals surface area contributed by atoms with Crippen LogP contribution < -0.4 is 5.32 Å². The van der Waals surface area contributed by atoms with Gasteiger partial charge in [0.2, 0.25) is 0 Å². The van der Waals surface area contributed by atoms with Crippen molar-refractivity contribution in [3.05, 3.63) is 70.3 Å². The van der Waals surface area contributed by atoms with Crippen LogP contribution in [-0.2, 0) is 0 Å². The maximum atomic E-state index is 13.1. The van der Waals surface area contributed by atoms with Crippen LogP contribution in [0.25, 0.3) is 16.9 Å². The van der Waals surface area contributed by atoms with Gasteiger partial charge >= 0.3 is 0 Å². The third-order valence-corrected chi connectivity index (χ3v) is 5.65. The lowest BCUT2D eigenvalue weighted by Gasteiger charge is -2.22. The molecule has 2 aromatic carbocycles. The molecule has 0 bridgehead atoms. The molecule has 4 rings (SSSR count). The van der Waals surface area contributed by atoms with Crippen LogP contribution in [0.3, 0.4) is 0 Å². The number of amides is 1. The molecule has 0 unspecified atom stereocenters. The highest BCUT2D eigenvalue weighted by molar-refractivity contribution is 6.33. The van der Waals surface area contributed by atoms with Crippen molar-refractivity contribution in [2.24, 2.45) is 0 Å². The molecule has 1 fully saturated rings. The van der Waals surface area contributed by atoms with Crippen molar-refractivity contribution < 1.29 is 4.79 Å². The second kappa shape index (κ2) is 8.38. The predicted molar refractivity (Wildman–Crippen MR) is 113 cm³/mol. The van der Waals surface area contributed by atoms with E-state index in [0.29, 0.717) is 21.4 Å². The standard InChI is InChI=1S/C22H21Cl2N3O/c23-15-7-6-10-17(13-15)27-21(22(28)25-16-8-2-1-3-9-16)14-20(26-27)18-11-4-5-12-19(18)24/h4-7,10-14,16H,1-3,8-9H2,(H,25,28). The zero-order valence-corrected chi connectivity index (χ0v) is 16.9. The minimum absolute atomic E-state index is 0.127. The van der Waals surface area contributed by atoms with Crippen molar-refractivity contribution in [1.82, 2.24) is 15.1 Å². The molecular formula is C22H21Cl2N3O. The average molecular weight is 414 g/mol. The smallest absolute Gasteiger partial charge is 0.270 e. The van der Waals surface area contributed by atoms with Crippen molar-refractivity contribution >= 4 is 29.1 Å². The highest BCUT2D eigenvalue weighted by Crippen LogP contribution is 2.29. The molecular weight excluding hydrogens is 393 g/mol. The number of benzene rings is 2. The third-order valence-electron chi connectivity index (χ3n) is 5.08. The fourth-order valence-corrected chi connectivity index (χ4v) is 4.07. The number of nitrogens with zero attached hydrogens (tertiary/aromatic N) is 2. The summed E-state index contributed by atoms with van der Waals surface area (Å²) in [5.41, 5.74) is 2.65. The van der Waals surface area contributed by atoms with Crippen molar-refractivity contribution in [2.45, 2.75) is 38.1 Å². The molecule has 0 aliphatic heterocycles. The first-order chi connectivity index (χ1) is 13.6. The Balaban J connectivity index is 1.74. The first kappa shape index (κ1) is 19.0. The van der Waals surface area contributed by atoms with E-state index in [1.165, 1.54) is 6.42 Å². The van der Waals surface area contributed by atoms with Crippen molar-refractivity contribution in [3.63, 3.8) is 0 Å². The highest BCUT2D eigenvalue weighted by Gasteiger charge is 2.22. The van der Waals surface area contributed by atoms with E-state index in [4.69, 9.17) is 23.2 Å². The fourth-order valence-electron chi connectivity index (χ4n) is 3.65. The Labute approximate surface area is 174 Å². The van der Waals surface area contributed by atoms with Gasteiger partial charge in [0.1, 0.15) is 5.69 Å². The quantitative estimate of drug-likeness (QED) is 0.577. The number of halogens is 2. The van der Waals surface area contributed by atoms with Gasteiger partial charge in [0.25, 0.3) is 5.91 Å². The van der Waals surface area contributed by atoms with Gasteiger partial charge in [-0.15, -0.1) is 0 Å². The van der Waals surface area contributed by atoms with E-state index in [1.807, 2.05) is 36.4 Å². The van der Waals surface area contributed by atoms with Crippen LogP contribution in [0.1, 0.15) is 42.6 Å². The van der Waals surface area contributed by atoms with E-state index < -0.39 is 0 Å². The monoisotopic (exact) mass is 413 g/mol. The van der Waals surface area contributed by atoms with Crippen molar-refractivity contribution in [3.8, 4) is 16.9 Å². The molecule has 6 heteroatoms. The Morgan fingerprint density at radius 3 is 2.54 bits per heavy atom. The molecule has 1 heterocycles. The Morgan fingerprint density at radius 2 is 1.79 bits per heavy atom. The molecule has 28 heavy (non-hydrogen) atoms. The summed E-state index contributed by atoms with van der Waals surface area (Å²) in [6.45, 7) is 0. The van der Waals surface area contributed by atoms with E-state index in [9.17, 15) is 4.79 Å². The number of hydrogen-bond donors (Lipinski definition) is 1. The average Bonchev–Trinajstić information content (AvgIpc) is 3.14. The maximum Gasteiger partial charge on any atom is 0.270 e. The number of carbonyl (C=O) groups is 1. The van der Waals surface area contributed by atoms with E-state index in [0.717, 1.165) is 36.9 Å². The van der Waals surface area contributed by atoms with Crippen LogP contribution in [-0.4, -0.2) is 21.7 Å². The molecule has 1 amide bonds. The Morgan fingerprint density at radius 1 is 1.00 bits per heavy atom. The second-order valence-corrected chi connectivity index (χ2v) is 7.94. The fraction of sp³-hybridized carbons (Fsp3) is 0.273. The van der Waals surface area contributed by atoms with Gasteiger partial charge in [-0.3, -0.25) is 4.79 Å². The highest BCUT2D eigenvalue weighted by atomic mass is 35.5. The van der Waals surface area contributed by atoms with Gasteiger partial charge in [0, 0.05) is 16.6 Å². The zero-order valence-electron chi connectivity index (χ0n) is 15.4. The summed E-state index contributed by atoms with van der Waals surface area (Å²) < 4.78 is 1.64. The Bertz CT molecular complexity index is 993. The van der Waals surface area contributed by atoms with Crippen molar-refractivity contribution in [2.75, 3.05) is 0 Å². The lowest BCUT2D eigenvalue weighted by molar-refractivity contribution is 0.0920. The first-order valence-corrected chi connectivity index (χ1v) is 10.3. The van der Waals surface area contributed by atoms with Crippen LogP contribution in [0, 0.1) is 0 Å². The molecule has 0 saturated heterocycles. The van der Waals surface area contributed by atoms with Crippen LogP contribution in [0.5, 0.6) is 0 Å². The van der Waals surface area contributed by atoms with Gasteiger partial charge in [-0.2, -0.15) is 5.10 Å². The number of carbonyl (C=O) groups excluding carboxylic acids is 1. The predicted octanol–water partition coefficient (Wildman–Crippen LogP) is 5.91. The lowest BCUT2D eigenvalue weighted by Crippen LogP contribution is -2.37. The zero-order chi connectivity index (χ0) is 19.5. The molecule has 1 N–H and O–H groups in total. The summed E-state index contributed by atoms with van der Waals surface area (Å²) >= 11 is 12.5. The second-order valence-electron chi connectivity index (χ2n) is 7.09. The molecule has 4 nitrogen and oxygen atoms in total. The van der Waals surface area contributed by atoms with Gasteiger partial charge in [-0.1, -0.05) is 66.7 Å². The molecule has 0 spiro atoms. The molecule has 1 aliphatic carbocycles. The Hall–Kier alpha value is -2.30. The van der Waals surface area contributed by atoms with E-state index >= 15 is 0 Å². The molecule has 0 atom stereocenters. The van der Waals surface area contributed by atoms with Gasteiger partial charge in [-0.25, -0.2) is 4.68 Å². The molecule has 1 saturated carbocycles. The molecule has 144 valence electrons. The van der Waals surface area contributed by atoms with Crippen LogP contribution in [0.4, 0.5) is 0 Å². The van der Waals surface area contributed by atoms with Gasteiger partial charge in [0.15, 0.2) is 0 Å². The van der Waals surface area contributed by atoms with Gasteiger partial charge in [-0.05, 0) is 43.2 Å². The molecule has 1 aromatic heterocycles. The van der Waals surface area contributed by atoms with Crippen LogP contribution in [0.15, 0.2) is 54.6 Å². The van der Waals surface area contributed by atoms with Crippen LogP contribution >= 0.6 is 23.2 Å². The number of nitrogens with one attached hydrogen (secondary N) is 1. The largest absolute Gasteiger partial charge is 0.348 e. The first-order valence-electron chi connectivity index (χ1n) is 9.53. The maximum absolute atomic E-state index is 13.1. The summed E-state index contributed by atoms with van der Waals surface area (Å²) in [4.78, 5) is 13.1. The molecule has 3 aromatic rings. The number of aromatic nitrogens is 2. The molecule has 1 aliphatic rings.